The number of amidine groups is 1. The summed E-state index contributed by atoms with van der Waals surface area (Å²) >= 11 is 1.68. The molecule has 0 fully saturated rings. The molecule has 0 saturated heterocycles. The second kappa shape index (κ2) is 4.78. The molecule has 0 saturated carbocycles. The Morgan fingerprint density at radius 2 is 2.00 bits per heavy atom. The Hall–Kier alpha value is -1.16. The zero-order valence-electron chi connectivity index (χ0n) is 10.1. The molecule has 0 aromatic heterocycles. The quantitative estimate of drug-likeness (QED) is 0.483. The Balaban J connectivity index is 3.15. The van der Waals surface area contributed by atoms with Gasteiger partial charge in [-0.25, -0.2) is 0 Å². The fraction of sp³-hybridized carbons (Fsp3) is 0.417. The lowest BCUT2D eigenvalue weighted by atomic mass is 10.2. The summed E-state index contributed by atoms with van der Waals surface area (Å²) in [5, 5.41) is 7.54. The average molecular weight is 238 g/mol. The summed E-state index contributed by atoms with van der Waals surface area (Å²) in [6.45, 7) is 6.38. The molecule has 0 aliphatic carbocycles. The van der Waals surface area contributed by atoms with E-state index in [0.29, 0.717) is 0 Å². The number of benzene rings is 1. The van der Waals surface area contributed by atoms with Crippen molar-refractivity contribution in [1.82, 2.24) is 0 Å². The molecule has 3 nitrogen and oxygen atoms in total. The number of nitrogens with one attached hydrogen (secondary N) is 1. The predicted octanol–water partition coefficient (Wildman–Crippen LogP) is 2.87. The van der Waals surface area contributed by atoms with Gasteiger partial charge in [-0.1, -0.05) is 20.8 Å². The predicted molar refractivity (Wildman–Crippen MR) is 69.6 cm³/mol. The zero-order chi connectivity index (χ0) is 12.3. The fourth-order valence-electron chi connectivity index (χ4n) is 1.27. The van der Waals surface area contributed by atoms with Gasteiger partial charge in [-0.2, -0.15) is 0 Å². The molecule has 0 aliphatic heterocycles. The van der Waals surface area contributed by atoms with Crippen LogP contribution < -0.4 is 10.5 Å². The normalized spacial score (nSPS) is 11.2. The van der Waals surface area contributed by atoms with Gasteiger partial charge >= 0.3 is 0 Å². The summed E-state index contributed by atoms with van der Waals surface area (Å²) in [4.78, 5) is 0.986. The molecule has 88 valence electrons. The standard InChI is InChI=1S/C12H18N2OS/c1-12(2,3)16-10-7-8(15-4)5-6-9(10)11(13)14/h5-7H,1-4H3,(H3,13,14). The number of hydrogen-bond donors (Lipinski definition) is 2. The molecule has 0 amide bonds. The lowest BCUT2D eigenvalue weighted by Gasteiger charge is -2.20. The van der Waals surface area contributed by atoms with Crippen LogP contribution in [0.3, 0.4) is 0 Å². The molecule has 0 radical (unpaired) electrons. The number of rotatable bonds is 3. The Labute approximate surface area is 101 Å². The SMILES string of the molecule is COc1ccc(C(=N)N)c(SC(C)(C)C)c1. The van der Waals surface area contributed by atoms with Gasteiger partial charge in [0.25, 0.3) is 0 Å². The second-order valence-electron chi connectivity index (χ2n) is 4.49. The van der Waals surface area contributed by atoms with Gasteiger partial charge in [-0.15, -0.1) is 11.8 Å². The van der Waals surface area contributed by atoms with Gasteiger partial charge in [-0.05, 0) is 18.2 Å². The third kappa shape index (κ3) is 3.45. The van der Waals surface area contributed by atoms with E-state index >= 15 is 0 Å². The maximum absolute atomic E-state index is 7.54. The monoisotopic (exact) mass is 238 g/mol. The molecular formula is C12H18N2OS. The number of nitrogens with two attached hydrogens (primary N) is 1. The van der Waals surface area contributed by atoms with Crippen molar-refractivity contribution >= 4 is 17.6 Å². The minimum Gasteiger partial charge on any atom is -0.497 e. The van der Waals surface area contributed by atoms with Gasteiger partial charge < -0.3 is 10.5 Å². The first-order valence-corrected chi connectivity index (χ1v) is 5.86. The number of methoxy groups -OCH3 is 1. The largest absolute Gasteiger partial charge is 0.497 e. The smallest absolute Gasteiger partial charge is 0.123 e. The molecule has 3 N–H and O–H groups in total. The molecule has 16 heavy (non-hydrogen) atoms. The van der Waals surface area contributed by atoms with Crippen LogP contribution in [-0.2, 0) is 0 Å². The Bertz CT molecular complexity index is 396. The number of nitrogen functional groups attached to an aromatic ring is 1. The van der Waals surface area contributed by atoms with Crippen molar-refractivity contribution in [2.24, 2.45) is 5.73 Å². The minimum absolute atomic E-state index is 0.0799. The Morgan fingerprint density at radius 1 is 1.38 bits per heavy atom. The summed E-state index contributed by atoms with van der Waals surface area (Å²) in [6.07, 6.45) is 0. The average Bonchev–Trinajstić information content (AvgIpc) is 2.14. The van der Waals surface area contributed by atoms with Crippen molar-refractivity contribution in [3.05, 3.63) is 23.8 Å². The summed E-state index contributed by atoms with van der Waals surface area (Å²) < 4.78 is 5.26. The van der Waals surface area contributed by atoms with Gasteiger partial charge in [0.2, 0.25) is 0 Å². The molecule has 1 rings (SSSR count). The van der Waals surface area contributed by atoms with E-state index in [1.165, 1.54) is 0 Å². The molecule has 0 bridgehead atoms. The first-order chi connectivity index (χ1) is 7.33. The van der Waals surface area contributed by atoms with Crippen LogP contribution in [0.25, 0.3) is 0 Å². The molecule has 0 heterocycles. The van der Waals surface area contributed by atoms with E-state index in [-0.39, 0.29) is 10.6 Å². The van der Waals surface area contributed by atoms with Crippen LogP contribution in [-0.4, -0.2) is 17.7 Å². The highest BCUT2D eigenvalue weighted by Gasteiger charge is 2.16. The van der Waals surface area contributed by atoms with Crippen molar-refractivity contribution in [2.45, 2.75) is 30.4 Å². The maximum Gasteiger partial charge on any atom is 0.123 e. The van der Waals surface area contributed by atoms with Gasteiger partial charge in [-0.3, -0.25) is 5.41 Å². The van der Waals surface area contributed by atoms with Crippen LogP contribution >= 0.6 is 11.8 Å². The Morgan fingerprint density at radius 3 is 2.44 bits per heavy atom. The van der Waals surface area contributed by atoms with E-state index in [9.17, 15) is 0 Å². The highest BCUT2D eigenvalue weighted by atomic mass is 32.2. The van der Waals surface area contributed by atoms with E-state index in [4.69, 9.17) is 15.9 Å². The highest BCUT2D eigenvalue weighted by Crippen LogP contribution is 2.35. The fourth-order valence-corrected chi connectivity index (χ4v) is 2.39. The van der Waals surface area contributed by atoms with Crippen LogP contribution in [0.4, 0.5) is 0 Å². The lowest BCUT2D eigenvalue weighted by molar-refractivity contribution is 0.413. The molecule has 0 aliphatic rings. The first-order valence-electron chi connectivity index (χ1n) is 5.05. The van der Waals surface area contributed by atoms with E-state index < -0.39 is 0 Å². The van der Waals surface area contributed by atoms with Crippen LogP contribution in [0.15, 0.2) is 23.1 Å². The van der Waals surface area contributed by atoms with Crippen LogP contribution in [0, 0.1) is 5.41 Å². The molecular weight excluding hydrogens is 220 g/mol. The molecule has 4 heteroatoms. The lowest BCUT2D eigenvalue weighted by Crippen LogP contribution is -2.14. The van der Waals surface area contributed by atoms with Crippen molar-refractivity contribution in [1.29, 1.82) is 5.41 Å². The summed E-state index contributed by atoms with van der Waals surface area (Å²) in [5.41, 5.74) is 6.32. The highest BCUT2D eigenvalue weighted by molar-refractivity contribution is 8.00. The minimum atomic E-state index is 0.0799. The van der Waals surface area contributed by atoms with Crippen LogP contribution in [0.1, 0.15) is 26.3 Å². The third-order valence-corrected chi connectivity index (χ3v) is 3.07. The van der Waals surface area contributed by atoms with Gasteiger partial charge in [0, 0.05) is 15.2 Å². The van der Waals surface area contributed by atoms with E-state index in [0.717, 1.165) is 16.2 Å². The van der Waals surface area contributed by atoms with Crippen molar-refractivity contribution < 1.29 is 4.74 Å². The van der Waals surface area contributed by atoms with Crippen molar-refractivity contribution in [2.75, 3.05) is 7.11 Å². The zero-order valence-corrected chi connectivity index (χ0v) is 10.9. The Kier molecular flexibility index (Phi) is 3.86. The van der Waals surface area contributed by atoms with Crippen molar-refractivity contribution in [3.63, 3.8) is 0 Å². The molecule has 0 atom stereocenters. The number of hydrogen-bond acceptors (Lipinski definition) is 3. The van der Waals surface area contributed by atoms with Gasteiger partial charge in [0.15, 0.2) is 0 Å². The summed E-state index contributed by atoms with van der Waals surface area (Å²) in [7, 11) is 1.63. The van der Waals surface area contributed by atoms with Crippen LogP contribution in [0.2, 0.25) is 0 Å². The number of thioether (sulfide) groups is 1. The third-order valence-electron chi connectivity index (χ3n) is 1.90. The van der Waals surface area contributed by atoms with Gasteiger partial charge in [0.1, 0.15) is 11.6 Å². The van der Waals surface area contributed by atoms with Gasteiger partial charge in [0.05, 0.1) is 7.11 Å². The van der Waals surface area contributed by atoms with E-state index in [1.54, 1.807) is 18.9 Å². The van der Waals surface area contributed by atoms with Crippen LogP contribution in [0.5, 0.6) is 5.75 Å². The maximum atomic E-state index is 7.54. The van der Waals surface area contributed by atoms with E-state index in [2.05, 4.69) is 20.8 Å². The van der Waals surface area contributed by atoms with E-state index in [1.807, 2.05) is 18.2 Å². The summed E-state index contributed by atoms with van der Waals surface area (Å²) in [5.74, 6) is 0.881. The molecule has 0 unspecified atom stereocenters. The summed E-state index contributed by atoms with van der Waals surface area (Å²) in [6, 6.07) is 5.57. The molecule has 1 aromatic rings. The topological polar surface area (TPSA) is 59.1 Å². The first kappa shape index (κ1) is 12.9. The molecule has 0 spiro atoms. The second-order valence-corrected chi connectivity index (χ2v) is 6.36. The molecule has 1 aromatic carbocycles. The van der Waals surface area contributed by atoms with Crippen molar-refractivity contribution in [3.8, 4) is 5.75 Å². The number of ether oxygens (including phenoxy) is 1.